The minimum Gasteiger partial charge on any atom is -0.388 e. The fourth-order valence-corrected chi connectivity index (χ4v) is 1.49. The van der Waals surface area contributed by atoms with Crippen molar-refractivity contribution in [1.82, 2.24) is 4.98 Å². The Morgan fingerprint density at radius 3 is 2.73 bits per heavy atom. The molecule has 0 aliphatic carbocycles. The summed E-state index contributed by atoms with van der Waals surface area (Å²) < 4.78 is 0. The van der Waals surface area contributed by atoms with E-state index >= 15 is 0 Å². The van der Waals surface area contributed by atoms with Crippen molar-refractivity contribution >= 4 is 5.82 Å². The molecule has 0 fully saturated rings. The quantitative estimate of drug-likeness (QED) is 0.782. The molecular formula is C12H20N2O. The molecule has 15 heavy (non-hydrogen) atoms. The zero-order valence-corrected chi connectivity index (χ0v) is 9.75. The number of aliphatic hydroxyl groups is 1. The van der Waals surface area contributed by atoms with Gasteiger partial charge in [0.1, 0.15) is 5.82 Å². The van der Waals surface area contributed by atoms with Crippen LogP contribution in [-0.4, -0.2) is 16.6 Å². The highest BCUT2D eigenvalue weighted by Crippen LogP contribution is 2.21. The van der Waals surface area contributed by atoms with Gasteiger partial charge >= 0.3 is 0 Å². The highest BCUT2D eigenvalue weighted by atomic mass is 16.3. The molecule has 84 valence electrons. The van der Waals surface area contributed by atoms with E-state index in [2.05, 4.69) is 17.2 Å². The van der Waals surface area contributed by atoms with Crippen molar-refractivity contribution in [2.75, 3.05) is 11.9 Å². The summed E-state index contributed by atoms with van der Waals surface area (Å²) in [6, 6.07) is 1.99. The number of aryl methyl sites for hydroxylation is 1. The first-order valence-electron chi connectivity index (χ1n) is 5.57. The number of pyridine rings is 1. The summed E-state index contributed by atoms with van der Waals surface area (Å²) >= 11 is 0. The Morgan fingerprint density at radius 2 is 2.20 bits per heavy atom. The zero-order valence-electron chi connectivity index (χ0n) is 9.75. The third-order valence-electron chi connectivity index (χ3n) is 2.45. The van der Waals surface area contributed by atoms with Gasteiger partial charge in [-0.05, 0) is 31.4 Å². The van der Waals surface area contributed by atoms with Crippen LogP contribution in [0, 0.1) is 6.92 Å². The van der Waals surface area contributed by atoms with E-state index in [0.717, 1.165) is 36.3 Å². The van der Waals surface area contributed by atoms with Crippen molar-refractivity contribution in [2.45, 2.75) is 39.7 Å². The van der Waals surface area contributed by atoms with Gasteiger partial charge in [-0.15, -0.1) is 0 Å². The summed E-state index contributed by atoms with van der Waals surface area (Å²) in [6.07, 6.45) is 3.18. The molecule has 1 atom stereocenters. The number of nitrogens with one attached hydrogen (secondary N) is 1. The Bertz CT molecular complexity index is 312. The van der Waals surface area contributed by atoms with E-state index in [-0.39, 0.29) is 0 Å². The molecule has 0 bridgehead atoms. The van der Waals surface area contributed by atoms with Gasteiger partial charge in [0, 0.05) is 18.3 Å². The molecule has 0 amide bonds. The maximum Gasteiger partial charge on any atom is 0.126 e. The van der Waals surface area contributed by atoms with Gasteiger partial charge in [-0.2, -0.15) is 0 Å². The predicted molar refractivity (Wildman–Crippen MR) is 63.0 cm³/mol. The van der Waals surface area contributed by atoms with E-state index in [1.165, 1.54) is 0 Å². The van der Waals surface area contributed by atoms with E-state index in [1.807, 2.05) is 19.9 Å². The molecule has 2 N–H and O–H groups in total. The summed E-state index contributed by atoms with van der Waals surface area (Å²) in [5.41, 5.74) is 2.03. The van der Waals surface area contributed by atoms with Crippen molar-refractivity contribution in [2.24, 2.45) is 0 Å². The first-order valence-corrected chi connectivity index (χ1v) is 5.57. The average Bonchev–Trinajstić information content (AvgIpc) is 2.25. The number of hydrogen-bond donors (Lipinski definition) is 2. The lowest BCUT2D eigenvalue weighted by Gasteiger charge is -2.12. The first kappa shape index (κ1) is 12.0. The van der Waals surface area contributed by atoms with Crippen molar-refractivity contribution in [1.29, 1.82) is 0 Å². The summed E-state index contributed by atoms with van der Waals surface area (Å²) in [4.78, 5) is 4.27. The molecule has 3 nitrogen and oxygen atoms in total. The molecule has 1 aromatic heterocycles. The third kappa shape index (κ3) is 3.20. The highest BCUT2D eigenvalue weighted by molar-refractivity contribution is 5.41. The van der Waals surface area contributed by atoms with E-state index < -0.39 is 6.10 Å². The molecule has 3 heteroatoms. The molecule has 1 heterocycles. The minimum absolute atomic E-state index is 0.391. The highest BCUT2D eigenvalue weighted by Gasteiger charge is 2.08. The van der Waals surface area contributed by atoms with Crippen molar-refractivity contribution in [3.05, 3.63) is 23.4 Å². The first-order chi connectivity index (χ1) is 7.19. The second kappa shape index (κ2) is 5.71. The number of nitrogens with zero attached hydrogens (tertiary/aromatic N) is 1. The molecule has 1 aromatic rings. The maximum absolute atomic E-state index is 9.72. The molecule has 1 rings (SSSR count). The van der Waals surface area contributed by atoms with Crippen LogP contribution in [0.1, 0.15) is 43.9 Å². The summed E-state index contributed by atoms with van der Waals surface area (Å²) in [5, 5.41) is 12.9. The second-order valence-corrected chi connectivity index (χ2v) is 3.78. The van der Waals surface area contributed by atoms with Gasteiger partial charge in [0.2, 0.25) is 0 Å². The molecule has 0 saturated heterocycles. The fourth-order valence-electron chi connectivity index (χ4n) is 1.49. The number of aromatic nitrogens is 1. The molecule has 0 spiro atoms. The van der Waals surface area contributed by atoms with Gasteiger partial charge in [-0.3, -0.25) is 0 Å². The van der Waals surface area contributed by atoms with E-state index in [0.29, 0.717) is 0 Å². The van der Waals surface area contributed by atoms with Gasteiger partial charge in [0.25, 0.3) is 0 Å². The van der Waals surface area contributed by atoms with Gasteiger partial charge in [0.15, 0.2) is 0 Å². The summed E-state index contributed by atoms with van der Waals surface area (Å²) in [6.45, 7) is 7.03. The van der Waals surface area contributed by atoms with Crippen molar-refractivity contribution in [3.63, 3.8) is 0 Å². The minimum atomic E-state index is -0.391. The maximum atomic E-state index is 9.72. The van der Waals surface area contributed by atoms with E-state index in [1.54, 1.807) is 6.20 Å². The van der Waals surface area contributed by atoms with Gasteiger partial charge in [0.05, 0.1) is 6.10 Å². The monoisotopic (exact) mass is 208 g/mol. The van der Waals surface area contributed by atoms with Gasteiger partial charge in [-0.1, -0.05) is 13.8 Å². The summed E-state index contributed by atoms with van der Waals surface area (Å²) in [7, 11) is 0. The number of anilines is 1. The summed E-state index contributed by atoms with van der Waals surface area (Å²) in [5.74, 6) is 0.890. The van der Waals surface area contributed by atoms with Crippen LogP contribution in [0.15, 0.2) is 12.3 Å². The van der Waals surface area contributed by atoms with Crippen LogP contribution in [0.2, 0.25) is 0 Å². The molecule has 0 saturated carbocycles. The Kier molecular flexibility index (Phi) is 4.56. The normalized spacial score (nSPS) is 12.5. The average molecular weight is 208 g/mol. The second-order valence-electron chi connectivity index (χ2n) is 3.78. The number of rotatable bonds is 5. The van der Waals surface area contributed by atoms with Gasteiger partial charge < -0.3 is 10.4 Å². The van der Waals surface area contributed by atoms with Crippen molar-refractivity contribution in [3.8, 4) is 0 Å². The standard InChI is InChI=1S/C12H20N2O/c1-4-6-13-12-7-9(3)10(8-14-12)11(15)5-2/h7-8,11,15H,4-6H2,1-3H3,(H,13,14)/t11-/m0/s1. The van der Waals surface area contributed by atoms with Crippen LogP contribution < -0.4 is 5.32 Å². The lowest BCUT2D eigenvalue weighted by molar-refractivity contribution is 0.172. The van der Waals surface area contributed by atoms with Crippen LogP contribution >= 0.6 is 0 Å². The smallest absolute Gasteiger partial charge is 0.126 e. The van der Waals surface area contributed by atoms with E-state index in [4.69, 9.17) is 0 Å². The Hall–Kier alpha value is -1.09. The lowest BCUT2D eigenvalue weighted by atomic mass is 10.0. The molecule has 0 radical (unpaired) electrons. The lowest BCUT2D eigenvalue weighted by Crippen LogP contribution is -2.05. The van der Waals surface area contributed by atoms with Crippen LogP contribution in [0.5, 0.6) is 0 Å². The third-order valence-corrected chi connectivity index (χ3v) is 2.45. The molecular weight excluding hydrogens is 188 g/mol. The number of aliphatic hydroxyl groups excluding tert-OH is 1. The SMILES string of the molecule is CCCNc1cc(C)c([C@@H](O)CC)cn1. The molecule has 0 aliphatic heterocycles. The largest absolute Gasteiger partial charge is 0.388 e. The Balaban J connectivity index is 2.78. The van der Waals surface area contributed by atoms with Crippen LogP contribution in [-0.2, 0) is 0 Å². The molecule has 0 unspecified atom stereocenters. The molecule has 0 aliphatic rings. The Labute approximate surface area is 91.5 Å². The van der Waals surface area contributed by atoms with Crippen LogP contribution in [0.3, 0.4) is 0 Å². The molecule has 0 aromatic carbocycles. The van der Waals surface area contributed by atoms with Gasteiger partial charge in [-0.25, -0.2) is 4.98 Å². The number of hydrogen-bond acceptors (Lipinski definition) is 3. The van der Waals surface area contributed by atoms with Crippen LogP contribution in [0.4, 0.5) is 5.82 Å². The van der Waals surface area contributed by atoms with Crippen LogP contribution in [0.25, 0.3) is 0 Å². The van der Waals surface area contributed by atoms with Crippen molar-refractivity contribution < 1.29 is 5.11 Å². The Morgan fingerprint density at radius 1 is 1.47 bits per heavy atom. The zero-order chi connectivity index (χ0) is 11.3. The topological polar surface area (TPSA) is 45.1 Å². The fraction of sp³-hybridized carbons (Fsp3) is 0.583. The predicted octanol–water partition coefficient (Wildman–Crippen LogP) is 2.66. The van der Waals surface area contributed by atoms with E-state index in [9.17, 15) is 5.11 Å².